The van der Waals surface area contributed by atoms with Gasteiger partial charge in [-0.05, 0) is 35.7 Å². The fraction of sp³-hybridized carbons (Fsp3) is 0.500. The van der Waals surface area contributed by atoms with Gasteiger partial charge < -0.3 is 10.2 Å². The Balaban J connectivity index is 1.91. The van der Waals surface area contributed by atoms with Crippen molar-refractivity contribution in [2.75, 3.05) is 20.6 Å². The van der Waals surface area contributed by atoms with Crippen LogP contribution in [0.1, 0.15) is 12.5 Å². The number of nitrogens with one attached hydrogen (secondary N) is 2. The summed E-state index contributed by atoms with van der Waals surface area (Å²) in [6.45, 7) is 2.79. The second-order valence-electron chi connectivity index (χ2n) is 4.40. The molecule has 1 aliphatic rings. The average Bonchev–Trinajstić information content (AvgIpc) is 2.81. The number of hydrogen-bond donors (Lipinski definition) is 2. The monoisotopic (exact) mass is 265 g/mol. The zero-order valence-corrected chi connectivity index (χ0v) is 11.8. The van der Waals surface area contributed by atoms with Crippen molar-refractivity contribution < 1.29 is 0 Å². The van der Waals surface area contributed by atoms with Crippen LogP contribution in [0.3, 0.4) is 0 Å². The van der Waals surface area contributed by atoms with Gasteiger partial charge in [-0.15, -0.1) is 0 Å². The largest absolute Gasteiger partial charge is 0.349 e. The smallest absolute Gasteiger partial charge is 0.202 e. The summed E-state index contributed by atoms with van der Waals surface area (Å²) in [5, 5.41) is 10.6. The predicted octanol–water partition coefficient (Wildman–Crippen LogP) is 1.10. The maximum absolute atomic E-state index is 4.53. The zero-order chi connectivity index (χ0) is 13.0. The van der Waals surface area contributed by atoms with Crippen molar-refractivity contribution in [1.82, 2.24) is 15.5 Å². The lowest BCUT2D eigenvalue weighted by Gasteiger charge is -2.26. The van der Waals surface area contributed by atoms with E-state index in [-0.39, 0.29) is 6.17 Å². The van der Waals surface area contributed by atoms with Crippen molar-refractivity contribution >= 4 is 23.3 Å². The predicted molar refractivity (Wildman–Crippen MR) is 77.2 cm³/mol. The maximum Gasteiger partial charge on any atom is 0.202 e. The summed E-state index contributed by atoms with van der Waals surface area (Å²) in [5.41, 5.74) is 1.34. The van der Waals surface area contributed by atoms with E-state index in [9.17, 15) is 0 Å². The van der Waals surface area contributed by atoms with Crippen LogP contribution < -0.4 is 10.6 Å². The minimum atomic E-state index is 0.0588. The Labute approximate surface area is 112 Å². The number of rotatable bonds is 3. The van der Waals surface area contributed by atoms with Crippen LogP contribution in [0.15, 0.2) is 26.8 Å². The molecule has 6 heteroatoms. The molecule has 1 aromatic heterocycles. The molecule has 1 unspecified atom stereocenters. The molecule has 2 heterocycles. The molecule has 2 rings (SSSR count). The van der Waals surface area contributed by atoms with Gasteiger partial charge in [0, 0.05) is 20.6 Å². The Kier molecular flexibility index (Phi) is 4.19. The molecule has 1 aliphatic heterocycles. The Hall–Kier alpha value is -1.56. The lowest BCUT2D eigenvalue weighted by atomic mass is 10.2. The lowest BCUT2D eigenvalue weighted by Crippen LogP contribution is -2.53. The van der Waals surface area contributed by atoms with Gasteiger partial charge in [-0.3, -0.25) is 10.3 Å². The first-order chi connectivity index (χ1) is 8.65. The molecule has 1 aromatic rings. The zero-order valence-electron chi connectivity index (χ0n) is 11.0. The molecule has 0 radical (unpaired) electrons. The van der Waals surface area contributed by atoms with Gasteiger partial charge in [-0.2, -0.15) is 11.3 Å². The highest BCUT2D eigenvalue weighted by Gasteiger charge is 2.15. The molecule has 0 saturated heterocycles. The first-order valence-electron chi connectivity index (χ1n) is 5.99. The van der Waals surface area contributed by atoms with Crippen LogP contribution in [0, 0.1) is 0 Å². The van der Waals surface area contributed by atoms with E-state index in [1.165, 1.54) is 5.56 Å². The van der Waals surface area contributed by atoms with E-state index >= 15 is 0 Å². The molecule has 0 bridgehead atoms. The lowest BCUT2D eigenvalue weighted by molar-refractivity contribution is 0.559. The van der Waals surface area contributed by atoms with Crippen LogP contribution in [-0.4, -0.2) is 43.6 Å². The summed E-state index contributed by atoms with van der Waals surface area (Å²) in [6.07, 6.45) is 1.03. The molecule has 0 saturated carbocycles. The Morgan fingerprint density at radius 2 is 2.33 bits per heavy atom. The van der Waals surface area contributed by atoms with Gasteiger partial charge in [0.1, 0.15) is 6.17 Å². The summed E-state index contributed by atoms with van der Waals surface area (Å²) in [5.74, 6) is 1.65. The Bertz CT molecular complexity index is 435. The summed E-state index contributed by atoms with van der Waals surface area (Å²) in [7, 11) is 3.93. The fourth-order valence-electron chi connectivity index (χ4n) is 1.63. The number of aliphatic imine (C=N–C) groups is 2. The number of guanidine groups is 2. The van der Waals surface area contributed by atoms with E-state index in [4.69, 9.17) is 0 Å². The van der Waals surface area contributed by atoms with Crippen molar-refractivity contribution in [3.05, 3.63) is 22.4 Å². The van der Waals surface area contributed by atoms with Gasteiger partial charge in [0.25, 0.3) is 0 Å². The highest BCUT2D eigenvalue weighted by atomic mass is 32.1. The first kappa shape index (κ1) is 12.9. The van der Waals surface area contributed by atoms with Crippen LogP contribution in [0.5, 0.6) is 0 Å². The molecule has 0 aromatic carbocycles. The molecule has 0 spiro atoms. The van der Waals surface area contributed by atoms with E-state index in [1.807, 2.05) is 25.9 Å². The Morgan fingerprint density at radius 1 is 1.50 bits per heavy atom. The van der Waals surface area contributed by atoms with Crippen LogP contribution in [0.25, 0.3) is 0 Å². The van der Waals surface area contributed by atoms with Crippen LogP contribution in [0.2, 0.25) is 0 Å². The number of nitrogens with zero attached hydrogens (tertiary/aromatic N) is 3. The summed E-state index contributed by atoms with van der Waals surface area (Å²) >= 11 is 1.72. The molecule has 0 aliphatic carbocycles. The summed E-state index contributed by atoms with van der Waals surface area (Å²) < 4.78 is 0. The van der Waals surface area contributed by atoms with Gasteiger partial charge in [0.15, 0.2) is 5.96 Å². The molecule has 0 amide bonds. The molecule has 5 nitrogen and oxygen atoms in total. The van der Waals surface area contributed by atoms with Crippen molar-refractivity contribution in [2.24, 2.45) is 9.98 Å². The first-order valence-corrected chi connectivity index (χ1v) is 6.93. The Morgan fingerprint density at radius 3 is 3.00 bits per heavy atom. The van der Waals surface area contributed by atoms with Crippen LogP contribution >= 0.6 is 11.3 Å². The fourth-order valence-corrected chi connectivity index (χ4v) is 2.34. The molecular formula is C12H19N5S. The minimum Gasteiger partial charge on any atom is -0.349 e. The average molecular weight is 265 g/mol. The summed E-state index contributed by atoms with van der Waals surface area (Å²) in [6, 6.07) is 2.14. The van der Waals surface area contributed by atoms with Gasteiger partial charge in [-0.25, -0.2) is 4.99 Å². The third-order valence-corrected chi connectivity index (χ3v) is 3.30. The van der Waals surface area contributed by atoms with E-state index in [0.717, 1.165) is 24.9 Å². The molecular weight excluding hydrogens is 246 g/mol. The van der Waals surface area contributed by atoms with Crippen molar-refractivity contribution in [3.8, 4) is 0 Å². The van der Waals surface area contributed by atoms with Crippen LogP contribution in [-0.2, 0) is 6.42 Å². The third kappa shape index (κ3) is 3.46. The van der Waals surface area contributed by atoms with Gasteiger partial charge in [-0.1, -0.05) is 0 Å². The van der Waals surface area contributed by atoms with E-state index in [1.54, 1.807) is 11.3 Å². The molecule has 18 heavy (non-hydrogen) atoms. The topological polar surface area (TPSA) is 52.0 Å². The molecule has 1 atom stereocenters. The number of thiophene rings is 1. The third-order valence-electron chi connectivity index (χ3n) is 2.57. The maximum atomic E-state index is 4.53. The normalized spacial score (nSPS) is 21.2. The molecule has 0 fully saturated rings. The van der Waals surface area contributed by atoms with Gasteiger partial charge in [0.2, 0.25) is 5.96 Å². The van der Waals surface area contributed by atoms with Crippen molar-refractivity contribution in [2.45, 2.75) is 19.5 Å². The van der Waals surface area contributed by atoms with Crippen molar-refractivity contribution in [3.63, 3.8) is 0 Å². The van der Waals surface area contributed by atoms with Gasteiger partial charge >= 0.3 is 0 Å². The summed E-state index contributed by atoms with van der Waals surface area (Å²) in [4.78, 5) is 10.9. The number of hydrogen-bond acceptors (Lipinski definition) is 4. The second-order valence-corrected chi connectivity index (χ2v) is 5.18. The minimum absolute atomic E-state index is 0.0588. The second kappa shape index (κ2) is 5.86. The quantitative estimate of drug-likeness (QED) is 0.860. The van der Waals surface area contributed by atoms with Crippen LogP contribution in [0.4, 0.5) is 0 Å². The highest BCUT2D eigenvalue weighted by Crippen LogP contribution is 2.06. The highest BCUT2D eigenvalue weighted by molar-refractivity contribution is 7.07. The van der Waals surface area contributed by atoms with E-state index in [0.29, 0.717) is 0 Å². The van der Waals surface area contributed by atoms with E-state index in [2.05, 4.69) is 37.4 Å². The SMILES string of the molecule is CC1N=C(N(C)C)NC(=NCCc2ccsc2)N1. The van der Waals surface area contributed by atoms with E-state index < -0.39 is 0 Å². The molecule has 98 valence electrons. The van der Waals surface area contributed by atoms with Crippen molar-refractivity contribution in [1.29, 1.82) is 0 Å². The standard InChI is InChI=1S/C12H19N5S/c1-9-14-11(16-12(15-9)17(2)3)13-6-4-10-5-7-18-8-10/h5,7-9H,4,6H2,1-3H3,(H2,13,14,15,16). The molecule has 2 N–H and O–H groups in total. The van der Waals surface area contributed by atoms with Gasteiger partial charge in [0.05, 0.1) is 0 Å².